The fraction of sp³-hybridized carbons (Fsp3) is 0.294. The molecule has 3 rings (SSSR count). The second kappa shape index (κ2) is 5.79. The Balaban J connectivity index is 1.96. The molecule has 6 nitrogen and oxygen atoms in total. The molecule has 0 spiro atoms. The molecule has 0 radical (unpaired) electrons. The number of carbonyl (C=O) groups is 1. The molecule has 0 aliphatic carbocycles. The maximum atomic E-state index is 12.7. The lowest BCUT2D eigenvalue weighted by Gasteiger charge is -2.13. The van der Waals surface area contributed by atoms with Crippen LogP contribution in [0.2, 0.25) is 0 Å². The molecule has 2 N–H and O–H groups in total. The first-order valence-electron chi connectivity index (χ1n) is 7.52. The van der Waals surface area contributed by atoms with E-state index < -0.39 is 0 Å². The number of carbonyl (C=O) groups excluding carboxylic acids is 1. The van der Waals surface area contributed by atoms with E-state index in [1.807, 2.05) is 52.0 Å². The van der Waals surface area contributed by atoms with Gasteiger partial charge < -0.3 is 5.32 Å². The zero-order chi connectivity index (χ0) is 16.6. The number of hydrogen-bond acceptors (Lipinski definition) is 4. The van der Waals surface area contributed by atoms with E-state index in [2.05, 4.69) is 25.5 Å². The molecule has 23 heavy (non-hydrogen) atoms. The third-order valence-electron chi connectivity index (χ3n) is 3.76. The van der Waals surface area contributed by atoms with E-state index in [1.54, 1.807) is 0 Å². The second-order valence-corrected chi connectivity index (χ2v) is 5.76. The maximum Gasteiger partial charge on any atom is 0.252 e. The van der Waals surface area contributed by atoms with Crippen LogP contribution in [0.25, 0.3) is 10.9 Å². The summed E-state index contributed by atoms with van der Waals surface area (Å²) in [5.74, 6) is 1.14. The smallest absolute Gasteiger partial charge is 0.252 e. The van der Waals surface area contributed by atoms with Gasteiger partial charge in [-0.25, -0.2) is 4.98 Å². The Morgan fingerprint density at radius 3 is 2.70 bits per heavy atom. The van der Waals surface area contributed by atoms with Crippen LogP contribution in [-0.2, 0) is 0 Å². The van der Waals surface area contributed by atoms with Crippen LogP contribution in [0.4, 0.5) is 0 Å². The molecule has 118 valence electrons. The normalized spacial score (nSPS) is 12.3. The average Bonchev–Trinajstić information content (AvgIpc) is 2.94. The molecule has 1 amide bonds. The van der Waals surface area contributed by atoms with Crippen molar-refractivity contribution < 1.29 is 4.79 Å². The van der Waals surface area contributed by atoms with E-state index in [0.717, 1.165) is 28.0 Å². The predicted octanol–water partition coefficient (Wildman–Crippen LogP) is 2.77. The molecular weight excluding hydrogens is 290 g/mol. The van der Waals surface area contributed by atoms with Gasteiger partial charge in [-0.05, 0) is 39.3 Å². The van der Waals surface area contributed by atoms with Crippen LogP contribution in [0, 0.1) is 20.8 Å². The molecule has 6 heteroatoms. The Morgan fingerprint density at radius 1 is 1.22 bits per heavy atom. The molecule has 1 unspecified atom stereocenters. The minimum absolute atomic E-state index is 0.152. The molecule has 0 fully saturated rings. The number of benzene rings is 1. The number of pyridine rings is 1. The topological polar surface area (TPSA) is 83.6 Å². The number of rotatable bonds is 3. The number of H-pyrrole nitrogens is 1. The number of aromatic nitrogens is 4. The first-order valence-corrected chi connectivity index (χ1v) is 7.52. The van der Waals surface area contributed by atoms with Gasteiger partial charge in [-0.15, -0.1) is 0 Å². The van der Waals surface area contributed by atoms with Crippen molar-refractivity contribution in [2.45, 2.75) is 33.7 Å². The zero-order valence-electron chi connectivity index (χ0n) is 13.6. The van der Waals surface area contributed by atoms with E-state index in [0.29, 0.717) is 11.4 Å². The molecule has 3 aromatic rings. The van der Waals surface area contributed by atoms with Gasteiger partial charge >= 0.3 is 0 Å². The van der Waals surface area contributed by atoms with E-state index in [4.69, 9.17) is 0 Å². The van der Waals surface area contributed by atoms with Crippen LogP contribution in [0.5, 0.6) is 0 Å². The van der Waals surface area contributed by atoms with Gasteiger partial charge in [-0.1, -0.05) is 18.2 Å². The summed E-state index contributed by atoms with van der Waals surface area (Å²) in [6, 6.07) is 7.39. The highest BCUT2D eigenvalue weighted by Gasteiger charge is 2.18. The third kappa shape index (κ3) is 2.92. The molecule has 0 bridgehead atoms. The molecule has 0 aliphatic rings. The first-order chi connectivity index (χ1) is 11.0. The Kier molecular flexibility index (Phi) is 3.82. The molecule has 0 aliphatic heterocycles. The standard InChI is InChI=1S/C17H19N5O/c1-9-6-5-7-13-14(8-10(2)18-15(9)13)17(23)19-11(3)16-20-12(4)21-22-16/h5-8,11H,1-4H3,(H,19,23)(H,20,21,22). The summed E-state index contributed by atoms with van der Waals surface area (Å²) in [5.41, 5.74) is 3.35. The number of aromatic amines is 1. The summed E-state index contributed by atoms with van der Waals surface area (Å²) in [7, 11) is 0. The van der Waals surface area contributed by atoms with Gasteiger partial charge in [0, 0.05) is 11.1 Å². The molecule has 1 aromatic carbocycles. The Labute approximate surface area is 134 Å². The van der Waals surface area contributed by atoms with Crippen molar-refractivity contribution in [3.63, 3.8) is 0 Å². The van der Waals surface area contributed by atoms with Crippen molar-refractivity contribution in [2.75, 3.05) is 0 Å². The molecule has 0 saturated heterocycles. The summed E-state index contributed by atoms with van der Waals surface area (Å²) < 4.78 is 0. The zero-order valence-corrected chi connectivity index (χ0v) is 13.6. The highest BCUT2D eigenvalue weighted by atomic mass is 16.1. The predicted molar refractivity (Wildman–Crippen MR) is 88.2 cm³/mol. The van der Waals surface area contributed by atoms with Crippen molar-refractivity contribution in [3.05, 3.63) is 52.7 Å². The summed E-state index contributed by atoms with van der Waals surface area (Å²) in [6.07, 6.45) is 0. The van der Waals surface area contributed by atoms with Crippen molar-refractivity contribution in [1.29, 1.82) is 0 Å². The van der Waals surface area contributed by atoms with Crippen LogP contribution >= 0.6 is 0 Å². The average molecular weight is 309 g/mol. The van der Waals surface area contributed by atoms with Crippen LogP contribution in [0.1, 0.15) is 46.2 Å². The third-order valence-corrected chi connectivity index (χ3v) is 3.76. The number of hydrogen-bond donors (Lipinski definition) is 2. The fourth-order valence-corrected chi connectivity index (χ4v) is 2.60. The fourth-order valence-electron chi connectivity index (χ4n) is 2.60. The lowest BCUT2D eigenvalue weighted by Crippen LogP contribution is -2.27. The van der Waals surface area contributed by atoms with Crippen molar-refractivity contribution >= 4 is 16.8 Å². The summed E-state index contributed by atoms with van der Waals surface area (Å²) in [6.45, 7) is 7.58. The monoisotopic (exact) mass is 309 g/mol. The molecule has 0 saturated carbocycles. The van der Waals surface area contributed by atoms with Crippen molar-refractivity contribution in [2.24, 2.45) is 0 Å². The maximum absolute atomic E-state index is 12.7. The SMILES string of the molecule is Cc1cc(C(=O)NC(C)c2n[nH]c(C)n2)c2cccc(C)c2n1. The minimum atomic E-state index is -0.277. The lowest BCUT2D eigenvalue weighted by atomic mass is 10.0. The first kappa shape index (κ1) is 15.1. The van der Waals surface area contributed by atoms with E-state index in [-0.39, 0.29) is 11.9 Å². The number of para-hydroxylation sites is 1. The summed E-state index contributed by atoms with van der Waals surface area (Å²) >= 11 is 0. The van der Waals surface area contributed by atoms with Gasteiger partial charge in [-0.2, -0.15) is 5.10 Å². The van der Waals surface area contributed by atoms with Crippen LogP contribution in [0.3, 0.4) is 0 Å². The van der Waals surface area contributed by atoms with Gasteiger partial charge in [0.25, 0.3) is 5.91 Å². The quantitative estimate of drug-likeness (QED) is 0.779. The number of nitrogens with one attached hydrogen (secondary N) is 2. The van der Waals surface area contributed by atoms with E-state index in [1.165, 1.54) is 0 Å². The van der Waals surface area contributed by atoms with E-state index in [9.17, 15) is 4.79 Å². The largest absolute Gasteiger partial charge is 0.342 e. The van der Waals surface area contributed by atoms with Crippen molar-refractivity contribution in [1.82, 2.24) is 25.5 Å². The molecule has 2 heterocycles. The molecule has 1 atom stereocenters. The highest BCUT2D eigenvalue weighted by Crippen LogP contribution is 2.22. The summed E-state index contributed by atoms with van der Waals surface area (Å²) in [4.78, 5) is 21.5. The molecular formula is C17H19N5O. The van der Waals surface area contributed by atoms with Crippen LogP contribution in [0.15, 0.2) is 24.3 Å². The van der Waals surface area contributed by atoms with Crippen LogP contribution in [-0.4, -0.2) is 26.1 Å². The molecule has 2 aromatic heterocycles. The Bertz CT molecular complexity index is 884. The Hall–Kier alpha value is -2.76. The highest BCUT2D eigenvalue weighted by molar-refractivity contribution is 6.06. The summed E-state index contributed by atoms with van der Waals surface area (Å²) in [5, 5.41) is 10.7. The Morgan fingerprint density at radius 2 is 2.00 bits per heavy atom. The second-order valence-electron chi connectivity index (χ2n) is 5.76. The minimum Gasteiger partial charge on any atom is -0.342 e. The van der Waals surface area contributed by atoms with Gasteiger partial charge in [0.1, 0.15) is 5.82 Å². The van der Waals surface area contributed by atoms with Gasteiger partial charge in [0.15, 0.2) is 5.82 Å². The van der Waals surface area contributed by atoms with Gasteiger partial charge in [0.05, 0.1) is 17.1 Å². The lowest BCUT2D eigenvalue weighted by molar-refractivity contribution is 0.0940. The number of nitrogens with zero attached hydrogens (tertiary/aromatic N) is 3. The van der Waals surface area contributed by atoms with Gasteiger partial charge in [-0.3, -0.25) is 14.9 Å². The number of amides is 1. The van der Waals surface area contributed by atoms with Crippen molar-refractivity contribution in [3.8, 4) is 0 Å². The van der Waals surface area contributed by atoms with Gasteiger partial charge in [0.2, 0.25) is 0 Å². The van der Waals surface area contributed by atoms with E-state index >= 15 is 0 Å². The number of aryl methyl sites for hydroxylation is 3. The van der Waals surface area contributed by atoms with Crippen LogP contribution < -0.4 is 5.32 Å². The number of fused-ring (bicyclic) bond motifs is 1.